The Morgan fingerprint density at radius 3 is 2.85 bits per heavy atom. The van der Waals surface area contributed by atoms with Crippen LogP contribution in [0, 0.1) is 0 Å². The van der Waals surface area contributed by atoms with Crippen molar-refractivity contribution in [2.75, 3.05) is 23.3 Å². The van der Waals surface area contributed by atoms with Crippen molar-refractivity contribution in [2.45, 2.75) is 31.5 Å². The lowest BCUT2D eigenvalue weighted by Gasteiger charge is -2.27. The Labute approximate surface area is 159 Å². The molecule has 4 heterocycles. The summed E-state index contributed by atoms with van der Waals surface area (Å²) in [6.07, 6.45) is 7.17. The van der Waals surface area contributed by atoms with Gasteiger partial charge in [-0.15, -0.1) is 0 Å². The van der Waals surface area contributed by atoms with Gasteiger partial charge in [0, 0.05) is 43.5 Å². The van der Waals surface area contributed by atoms with Crippen LogP contribution in [0.15, 0.2) is 61.1 Å². The normalized spacial score (nSPS) is 22.2. The summed E-state index contributed by atoms with van der Waals surface area (Å²) in [5, 5.41) is 11.6. The summed E-state index contributed by atoms with van der Waals surface area (Å²) in [7, 11) is 0. The van der Waals surface area contributed by atoms with Gasteiger partial charge < -0.3 is 15.5 Å². The standard InChI is InChI=1S/C21H24N6/c1-15(16-5-3-2-4-6-16)25-21-10-18(7-8-22-21)27-14-20(12-24-27)26-13-17-9-19(26)11-23-17/h2-8,10,12,14-15,17,19,23H,9,11,13H2,1H3,(H,22,25). The number of hydrogen-bond donors (Lipinski definition) is 2. The van der Waals surface area contributed by atoms with Gasteiger partial charge in [0.05, 0.1) is 23.8 Å². The van der Waals surface area contributed by atoms with E-state index in [1.54, 1.807) is 0 Å². The van der Waals surface area contributed by atoms with E-state index in [1.165, 1.54) is 17.7 Å². The molecule has 0 aliphatic carbocycles. The molecule has 0 saturated carbocycles. The van der Waals surface area contributed by atoms with Crippen LogP contribution in [0.2, 0.25) is 0 Å². The highest BCUT2D eigenvalue weighted by Gasteiger charge is 2.38. The minimum absolute atomic E-state index is 0.190. The number of aromatic nitrogens is 3. The zero-order valence-electron chi connectivity index (χ0n) is 15.4. The fraction of sp³-hybridized carbons (Fsp3) is 0.333. The van der Waals surface area contributed by atoms with E-state index >= 15 is 0 Å². The van der Waals surface area contributed by atoms with E-state index in [9.17, 15) is 0 Å². The first kappa shape index (κ1) is 16.3. The van der Waals surface area contributed by atoms with E-state index in [4.69, 9.17) is 0 Å². The lowest BCUT2D eigenvalue weighted by atomic mass is 10.1. The molecule has 0 spiro atoms. The largest absolute Gasteiger partial charge is 0.363 e. The Morgan fingerprint density at radius 1 is 1.19 bits per heavy atom. The first-order valence-corrected chi connectivity index (χ1v) is 9.59. The van der Waals surface area contributed by atoms with Crippen LogP contribution in [0.3, 0.4) is 0 Å². The van der Waals surface area contributed by atoms with Crippen LogP contribution in [0.1, 0.15) is 24.9 Å². The minimum atomic E-state index is 0.190. The van der Waals surface area contributed by atoms with Gasteiger partial charge in [0.2, 0.25) is 0 Å². The summed E-state index contributed by atoms with van der Waals surface area (Å²) in [6.45, 7) is 4.30. The van der Waals surface area contributed by atoms with Crippen molar-refractivity contribution in [2.24, 2.45) is 0 Å². The fourth-order valence-corrected chi connectivity index (χ4v) is 4.17. The number of nitrogens with one attached hydrogen (secondary N) is 2. The molecule has 2 fully saturated rings. The van der Waals surface area contributed by atoms with Crippen LogP contribution in [-0.2, 0) is 0 Å². The number of hydrogen-bond acceptors (Lipinski definition) is 5. The first-order valence-electron chi connectivity index (χ1n) is 9.59. The zero-order valence-corrected chi connectivity index (χ0v) is 15.4. The van der Waals surface area contributed by atoms with Crippen molar-refractivity contribution >= 4 is 11.5 Å². The Bertz CT molecular complexity index is 921. The van der Waals surface area contributed by atoms with Crippen LogP contribution < -0.4 is 15.5 Å². The third-order valence-corrected chi connectivity index (χ3v) is 5.63. The van der Waals surface area contributed by atoms with Crippen LogP contribution in [0.25, 0.3) is 5.69 Å². The molecular formula is C21H24N6. The van der Waals surface area contributed by atoms with Gasteiger partial charge >= 0.3 is 0 Å². The average Bonchev–Trinajstić information content (AvgIpc) is 3.45. The smallest absolute Gasteiger partial charge is 0.128 e. The van der Waals surface area contributed by atoms with Crippen molar-refractivity contribution in [3.63, 3.8) is 0 Å². The van der Waals surface area contributed by atoms with Gasteiger partial charge in [-0.1, -0.05) is 30.3 Å². The maximum Gasteiger partial charge on any atom is 0.128 e. The van der Waals surface area contributed by atoms with Crippen LogP contribution in [0.4, 0.5) is 11.5 Å². The molecule has 6 heteroatoms. The molecule has 0 amide bonds. The van der Waals surface area contributed by atoms with Crippen LogP contribution in [-0.4, -0.2) is 39.9 Å². The third-order valence-electron chi connectivity index (χ3n) is 5.63. The van der Waals surface area contributed by atoms with E-state index in [0.29, 0.717) is 12.1 Å². The van der Waals surface area contributed by atoms with E-state index in [1.807, 2.05) is 35.3 Å². The van der Waals surface area contributed by atoms with Gasteiger partial charge in [0.15, 0.2) is 0 Å². The van der Waals surface area contributed by atoms with Crippen molar-refractivity contribution in [3.8, 4) is 5.69 Å². The topological polar surface area (TPSA) is 58.0 Å². The number of piperazine rings is 1. The molecule has 0 radical (unpaired) electrons. The van der Waals surface area contributed by atoms with E-state index in [-0.39, 0.29) is 6.04 Å². The van der Waals surface area contributed by atoms with Crippen LogP contribution >= 0.6 is 0 Å². The maximum absolute atomic E-state index is 4.59. The van der Waals surface area contributed by atoms with E-state index < -0.39 is 0 Å². The quantitative estimate of drug-likeness (QED) is 0.733. The summed E-state index contributed by atoms with van der Waals surface area (Å²) < 4.78 is 1.94. The molecule has 2 N–H and O–H groups in total. The van der Waals surface area contributed by atoms with Gasteiger partial charge in [-0.05, 0) is 25.0 Å². The van der Waals surface area contributed by atoms with Gasteiger partial charge in [-0.2, -0.15) is 5.10 Å². The highest BCUT2D eigenvalue weighted by Crippen LogP contribution is 2.29. The van der Waals surface area contributed by atoms with Gasteiger partial charge in [0.1, 0.15) is 5.82 Å². The second kappa shape index (κ2) is 6.70. The molecule has 1 aromatic carbocycles. The summed E-state index contributed by atoms with van der Waals surface area (Å²) in [5.41, 5.74) is 3.46. The molecular weight excluding hydrogens is 336 g/mol. The Morgan fingerprint density at radius 2 is 2.07 bits per heavy atom. The second-order valence-electron chi connectivity index (χ2n) is 7.47. The number of rotatable bonds is 5. The van der Waals surface area contributed by atoms with Crippen molar-refractivity contribution in [1.82, 2.24) is 20.1 Å². The number of benzene rings is 1. The molecule has 3 aromatic rings. The number of pyridine rings is 1. The fourth-order valence-electron chi connectivity index (χ4n) is 4.17. The molecule has 2 bridgehead atoms. The highest BCUT2D eigenvalue weighted by molar-refractivity contribution is 5.51. The minimum Gasteiger partial charge on any atom is -0.363 e. The van der Waals surface area contributed by atoms with E-state index in [0.717, 1.165) is 24.6 Å². The second-order valence-corrected chi connectivity index (χ2v) is 7.47. The van der Waals surface area contributed by atoms with E-state index in [2.05, 4.69) is 63.0 Å². The molecule has 2 aliphatic heterocycles. The van der Waals surface area contributed by atoms with Gasteiger partial charge in [0.25, 0.3) is 0 Å². The molecule has 138 valence electrons. The zero-order chi connectivity index (χ0) is 18.2. The molecule has 6 nitrogen and oxygen atoms in total. The SMILES string of the molecule is CC(Nc1cc(-n2cc(N3CC4CC3CN4)cn2)ccn1)c1ccccc1. The molecule has 5 rings (SSSR count). The number of fused-ring (bicyclic) bond motifs is 2. The molecule has 2 aromatic heterocycles. The summed E-state index contributed by atoms with van der Waals surface area (Å²) in [5.74, 6) is 0.852. The molecule has 3 atom stereocenters. The lowest BCUT2D eigenvalue weighted by molar-refractivity contribution is 0.580. The molecule has 2 aliphatic rings. The summed E-state index contributed by atoms with van der Waals surface area (Å²) in [6, 6.07) is 15.9. The van der Waals surface area contributed by atoms with Gasteiger partial charge in [-0.25, -0.2) is 9.67 Å². The Kier molecular flexibility index (Phi) is 4.05. The predicted octanol–water partition coefficient (Wildman–Crippen LogP) is 2.99. The van der Waals surface area contributed by atoms with Crippen molar-refractivity contribution in [1.29, 1.82) is 0 Å². The number of nitrogens with zero attached hydrogens (tertiary/aromatic N) is 4. The van der Waals surface area contributed by atoms with Crippen LogP contribution in [0.5, 0.6) is 0 Å². The molecule has 2 saturated heterocycles. The third kappa shape index (κ3) is 3.17. The average molecular weight is 360 g/mol. The Balaban J connectivity index is 1.33. The van der Waals surface area contributed by atoms with Crippen molar-refractivity contribution in [3.05, 3.63) is 66.6 Å². The lowest BCUT2D eigenvalue weighted by Crippen LogP contribution is -2.43. The monoisotopic (exact) mass is 360 g/mol. The first-order chi connectivity index (χ1) is 13.3. The predicted molar refractivity (Wildman–Crippen MR) is 107 cm³/mol. The summed E-state index contributed by atoms with van der Waals surface area (Å²) >= 11 is 0. The summed E-state index contributed by atoms with van der Waals surface area (Å²) in [4.78, 5) is 6.95. The molecule has 27 heavy (non-hydrogen) atoms. The van der Waals surface area contributed by atoms with Gasteiger partial charge in [-0.3, -0.25) is 0 Å². The number of anilines is 2. The highest BCUT2D eigenvalue weighted by atomic mass is 15.3. The Hall–Kier alpha value is -2.86. The maximum atomic E-state index is 4.59. The molecule has 3 unspecified atom stereocenters. The van der Waals surface area contributed by atoms with Crippen molar-refractivity contribution < 1.29 is 0 Å².